The largest absolute Gasteiger partial charge is 0.748 e. The Morgan fingerprint density at radius 3 is 1.21 bits per heavy atom. The summed E-state index contributed by atoms with van der Waals surface area (Å²) in [5.74, 6) is 0. The molecular weight excluding hydrogens is 278 g/mol. The molecule has 0 spiro atoms. The SMILES string of the molecule is C.C.CC[N+](C)(CC)CC.C[Si](C)(C)CS(=O)(=O)[O-]. The van der Waals surface area contributed by atoms with Crippen molar-refractivity contribution in [2.75, 3.05) is 32.1 Å². The van der Waals surface area contributed by atoms with Crippen LogP contribution >= 0.6 is 0 Å². The maximum atomic E-state index is 10.1. The van der Waals surface area contributed by atoms with Crippen LogP contribution in [0.3, 0.4) is 0 Å². The second-order valence-electron chi connectivity index (χ2n) is 5.83. The van der Waals surface area contributed by atoms with E-state index in [1.54, 1.807) is 0 Å². The number of rotatable bonds is 5. The van der Waals surface area contributed by atoms with E-state index in [-0.39, 0.29) is 20.2 Å². The number of hydrogen-bond acceptors (Lipinski definition) is 3. The van der Waals surface area contributed by atoms with Gasteiger partial charge in [-0.1, -0.05) is 34.5 Å². The first kappa shape index (κ1) is 27.4. The molecule has 0 bridgehead atoms. The van der Waals surface area contributed by atoms with E-state index >= 15 is 0 Å². The van der Waals surface area contributed by atoms with Crippen molar-refractivity contribution in [2.45, 2.75) is 55.3 Å². The fourth-order valence-corrected chi connectivity index (χ4v) is 5.44. The highest BCUT2D eigenvalue weighted by molar-refractivity contribution is 7.87. The standard InChI is InChI=1S/C7H18N.C4H12O3SSi.2CH4/c1-5-8(4,6-2)7-3;1-9(2,3)4-8(5,6)7;;/h5-7H2,1-4H3;4H2,1-3H3,(H,5,6,7);2*1H4/q+1;;;/p-1. The summed E-state index contributed by atoms with van der Waals surface area (Å²) in [4.78, 5) is 0. The molecular formula is C13H37NO3SSi. The minimum atomic E-state index is -3.97. The van der Waals surface area contributed by atoms with Crippen molar-refractivity contribution in [1.82, 2.24) is 0 Å². The molecule has 0 unspecified atom stereocenters. The second-order valence-corrected chi connectivity index (χ2v) is 13.2. The number of hydrogen-bond donors (Lipinski definition) is 0. The third-order valence-corrected chi connectivity index (χ3v) is 7.78. The molecule has 0 amide bonds. The first-order valence-corrected chi connectivity index (χ1v) is 11.4. The summed E-state index contributed by atoms with van der Waals surface area (Å²) in [5, 5.41) is -0.153. The maximum Gasteiger partial charge on any atom is 0.0920 e. The van der Waals surface area contributed by atoms with Gasteiger partial charge < -0.3 is 9.04 Å². The lowest BCUT2D eigenvalue weighted by Crippen LogP contribution is -2.42. The molecule has 0 heterocycles. The van der Waals surface area contributed by atoms with Crippen LogP contribution in [0.15, 0.2) is 0 Å². The predicted molar refractivity (Wildman–Crippen MR) is 89.2 cm³/mol. The van der Waals surface area contributed by atoms with Gasteiger partial charge in [0.05, 0.1) is 44.9 Å². The van der Waals surface area contributed by atoms with Gasteiger partial charge in [-0.15, -0.1) is 0 Å². The average Bonchev–Trinajstić information content (AvgIpc) is 2.12. The second kappa shape index (κ2) is 10.8. The van der Waals surface area contributed by atoms with Crippen LogP contribution in [0.2, 0.25) is 19.6 Å². The Hall–Kier alpha value is 0.0869. The lowest BCUT2D eigenvalue weighted by Gasteiger charge is -2.30. The highest BCUT2D eigenvalue weighted by atomic mass is 32.2. The van der Waals surface area contributed by atoms with Crippen LogP contribution in [0.4, 0.5) is 0 Å². The van der Waals surface area contributed by atoms with Gasteiger partial charge in [0, 0.05) is 5.38 Å². The van der Waals surface area contributed by atoms with E-state index in [9.17, 15) is 13.0 Å². The van der Waals surface area contributed by atoms with E-state index in [4.69, 9.17) is 0 Å². The van der Waals surface area contributed by atoms with Gasteiger partial charge in [-0.2, -0.15) is 0 Å². The van der Waals surface area contributed by atoms with Crippen LogP contribution in [0.25, 0.3) is 0 Å². The fourth-order valence-electron chi connectivity index (χ4n) is 1.20. The maximum absolute atomic E-state index is 10.1. The van der Waals surface area contributed by atoms with E-state index in [0.717, 1.165) is 0 Å². The summed E-state index contributed by atoms with van der Waals surface area (Å²) in [7, 11) is -3.37. The number of quaternary nitrogens is 1. The molecule has 0 aliphatic rings. The van der Waals surface area contributed by atoms with Crippen molar-refractivity contribution in [3.8, 4) is 0 Å². The molecule has 0 aromatic rings. The van der Waals surface area contributed by atoms with E-state index in [1.165, 1.54) is 24.1 Å². The van der Waals surface area contributed by atoms with Crippen LogP contribution in [0.5, 0.6) is 0 Å². The van der Waals surface area contributed by atoms with E-state index in [1.807, 2.05) is 19.6 Å². The van der Waals surface area contributed by atoms with E-state index in [0.29, 0.717) is 0 Å². The molecule has 122 valence electrons. The van der Waals surface area contributed by atoms with Crippen LogP contribution < -0.4 is 0 Å². The average molecular weight is 316 g/mol. The summed E-state index contributed by atoms with van der Waals surface area (Å²) >= 11 is 0. The smallest absolute Gasteiger partial charge is 0.0920 e. The molecule has 0 N–H and O–H groups in total. The molecule has 6 heteroatoms. The highest BCUT2D eigenvalue weighted by Gasteiger charge is 2.16. The third kappa shape index (κ3) is 20.6. The first-order chi connectivity index (χ1) is 7.39. The molecule has 0 aromatic heterocycles. The summed E-state index contributed by atoms with van der Waals surface area (Å²) < 4.78 is 31.6. The van der Waals surface area contributed by atoms with Crippen molar-refractivity contribution < 1.29 is 17.5 Å². The van der Waals surface area contributed by atoms with Crippen molar-refractivity contribution in [3.63, 3.8) is 0 Å². The normalized spacial score (nSPS) is 11.6. The Labute approximate surface area is 123 Å². The quantitative estimate of drug-likeness (QED) is 0.445. The van der Waals surface area contributed by atoms with Gasteiger partial charge in [0.2, 0.25) is 0 Å². The Morgan fingerprint density at radius 2 is 1.21 bits per heavy atom. The monoisotopic (exact) mass is 315 g/mol. The lowest BCUT2D eigenvalue weighted by molar-refractivity contribution is -0.904. The van der Waals surface area contributed by atoms with Gasteiger partial charge in [-0.05, 0) is 20.8 Å². The van der Waals surface area contributed by atoms with Crippen LogP contribution in [-0.4, -0.2) is 57.6 Å². The number of nitrogens with zero attached hydrogens (tertiary/aromatic N) is 1. The predicted octanol–water partition coefficient (Wildman–Crippen LogP) is 3.17. The third-order valence-electron chi connectivity index (χ3n) is 2.90. The zero-order valence-electron chi connectivity index (χ0n) is 12.4. The van der Waals surface area contributed by atoms with Gasteiger partial charge in [-0.25, -0.2) is 8.42 Å². The Bertz CT molecular complexity index is 285. The molecule has 19 heavy (non-hydrogen) atoms. The fraction of sp³-hybridized carbons (Fsp3) is 1.00. The van der Waals surface area contributed by atoms with Crippen molar-refractivity contribution in [3.05, 3.63) is 0 Å². The molecule has 0 atom stereocenters. The van der Waals surface area contributed by atoms with Crippen LogP contribution in [-0.2, 0) is 10.1 Å². The molecule has 4 nitrogen and oxygen atoms in total. The van der Waals surface area contributed by atoms with Gasteiger partial charge >= 0.3 is 0 Å². The van der Waals surface area contributed by atoms with Crippen molar-refractivity contribution >= 4 is 18.2 Å². The molecule has 0 rings (SSSR count). The molecule has 0 aliphatic carbocycles. The van der Waals surface area contributed by atoms with Crippen molar-refractivity contribution in [2.24, 2.45) is 0 Å². The van der Waals surface area contributed by atoms with Crippen LogP contribution in [0.1, 0.15) is 35.6 Å². The van der Waals surface area contributed by atoms with Gasteiger partial charge in [-0.3, -0.25) is 0 Å². The van der Waals surface area contributed by atoms with Crippen molar-refractivity contribution in [1.29, 1.82) is 0 Å². The van der Waals surface area contributed by atoms with E-state index in [2.05, 4.69) is 27.8 Å². The summed E-state index contributed by atoms with van der Waals surface area (Å²) in [6.45, 7) is 16.0. The van der Waals surface area contributed by atoms with E-state index < -0.39 is 18.2 Å². The molecule has 0 fully saturated rings. The zero-order valence-corrected chi connectivity index (χ0v) is 14.2. The molecule has 0 aromatic carbocycles. The molecule has 0 saturated carbocycles. The Kier molecular flexibility index (Phi) is 15.6. The molecule has 0 saturated heterocycles. The Morgan fingerprint density at radius 1 is 0.947 bits per heavy atom. The van der Waals surface area contributed by atoms with Gasteiger partial charge in [0.15, 0.2) is 0 Å². The van der Waals surface area contributed by atoms with Gasteiger partial charge in [0.25, 0.3) is 0 Å². The summed E-state index contributed by atoms with van der Waals surface area (Å²) in [6, 6.07) is 0. The molecule has 0 aliphatic heterocycles. The minimum absolute atomic E-state index is 0. The zero-order chi connectivity index (χ0) is 14.3. The molecule has 0 radical (unpaired) electrons. The Balaban J connectivity index is -0.000000108. The van der Waals surface area contributed by atoms with Crippen LogP contribution in [0, 0.1) is 0 Å². The topological polar surface area (TPSA) is 57.2 Å². The summed E-state index contributed by atoms with van der Waals surface area (Å²) in [5.41, 5.74) is 0. The van der Waals surface area contributed by atoms with Gasteiger partial charge in [0.1, 0.15) is 0 Å². The minimum Gasteiger partial charge on any atom is -0.748 e. The summed E-state index contributed by atoms with van der Waals surface area (Å²) in [6.07, 6.45) is 0. The lowest BCUT2D eigenvalue weighted by atomic mass is 10.4. The highest BCUT2D eigenvalue weighted by Crippen LogP contribution is 2.02. The first-order valence-electron chi connectivity index (χ1n) is 6.16.